The van der Waals surface area contributed by atoms with E-state index in [1.807, 2.05) is 13.8 Å². The van der Waals surface area contributed by atoms with Crippen molar-refractivity contribution in [2.75, 3.05) is 26.1 Å². The van der Waals surface area contributed by atoms with Crippen LogP contribution < -0.4 is 5.32 Å². The lowest BCUT2D eigenvalue weighted by Crippen LogP contribution is -2.41. The molecular formula is C14H20BrNO3S. The number of hydrogen-bond donors (Lipinski definition) is 2. The molecule has 6 heteroatoms. The predicted molar refractivity (Wildman–Crippen MR) is 85.2 cm³/mol. The Kier molecular flexibility index (Phi) is 7.58. The summed E-state index contributed by atoms with van der Waals surface area (Å²) in [5.74, 6) is 0.216. The topological polar surface area (TPSA) is 58.6 Å². The van der Waals surface area contributed by atoms with Crippen LogP contribution in [0.15, 0.2) is 21.5 Å². The van der Waals surface area contributed by atoms with Gasteiger partial charge < -0.3 is 15.2 Å². The molecule has 1 amide bonds. The molecule has 0 saturated carbocycles. The number of methoxy groups -OCH3 is 1. The first-order valence-electron chi connectivity index (χ1n) is 6.26. The average molecular weight is 362 g/mol. The maximum Gasteiger partial charge on any atom is 0.230 e. The Morgan fingerprint density at radius 3 is 2.75 bits per heavy atom. The quantitative estimate of drug-likeness (QED) is 0.731. The van der Waals surface area contributed by atoms with Gasteiger partial charge in [0.2, 0.25) is 5.91 Å². The van der Waals surface area contributed by atoms with E-state index in [-0.39, 0.29) is 18.6 Å². The van der Waals surface area contributed by atoms with Crippen LogP contribution in [-0.4, -0.2) is 43.1 Å². The molecule has 1 unspecified atom stereocenters. The van der Waals surface area contributed by atoms with Gasteiger partial charge in [0.15, 0.2) is 0 Å². The summed E-state index contributed by atoms with van der Waals surface area (Å²) in [5, 5.41) is 11.8. The van der Waals surface area contributed by atoms with Crippen molar-refractivity contribution in [3.63, 3.8) is 0 Å². The fourth-order valence-corrected chi connectivity index (χ4v) is 3.04. The number of amides is 1. The van der Waals surface area contributed by atoms with E-state index in [0.717, 1.165) is 20.5 Å². The van der Waals surface area contributed by atoms with Crippen molar-refractivity contribution in [2.24, 2.45) is 0 Å². The number of benzene rings is 1. The molecule has 20 heavy (non-hydrogen) atoms. The molecular weight excluding hydrogens is 342 g/mol. The molecule has 0 spiro atoms. The van der Waals surface area contributed by atoms with Crippen molar-refractivity contribution in [1.29, 1.82) is 0 Å². The van der Waals surface area contributed by atoms with Gasteiger partial charge in [-0.15, -0.1) is 11.8 Å². The lowest BCUT2D eigenvalue weighted by atomic mass is 10.2. The van der Waals surface area contributed by atoms with Crippen LogP contribution in [0, 0.1) is 13.8 Å². The Hall–Kier alpha value is -0.560. The number of nitrogens with one attached hydrogen (secondary N) is 1. The normalized spacial score (nSPS) is 12.2. The van der Waals surface area contributed by atoms with Crippen LogP contribution in [0.25, 0.3) is 0 Å². The lowest BCUT2D eigenvalue weighted by Gasteiger charge is -2.15. The lowest BCUT2D eigenvalue weighted by molar-refractivity contribution is -0.120. The molecule has 0 radical (unpaired) electrons. The summed E-state index contributed by atoms with van der Waals surface area (Å²) in [6, 6.07) is 3.77. The number of rotatable bonds is 7. The SMILES string of the molecule is COCC(CO)NC(=O)CSc1cc(C)c(Br)cc1C. The van der Waals surface area contributed by atoms with E-state index in [1.165, 1.54) is 18.9 Å². The predicted octanol–water partition coefficient (Wildman–Crippen LogP) is 2.28. The number of aliphatic hydroxyl groups excluding tert-OH is 1. The smallest absolute Gasteiger partial charge is 0.230 e. The van der Waals surface area contributed by atoms with Gasteiger partial charge in [-0.2, -0.15) is 0 Å². The van der Waals surface area contributed by atoms with E-state index in [9.17, 15) is 4.79 Å². The van der Waals surface area contributed by atoms with E-state index >= 15 is 0 Å². The third kappa shape index (κ3) is 5.44. The first-order valence-corrected chi connectivity index (χ1v) is 8.04. The minimum atomic E-state index is -0.346. The van der Waals surface area contributed by atoms with Gasteiger partial charge in [-0.25, -0.2) is 0 Å². The zero-order valence-electron chi connectivity index (χ0n) is 11.9. The number of aryl methyl sites for hydroxylation is 2. The Balaban J connectivity index is 2.54. The number of aliphatic hydroxyl groups is 1. The molecule has 0 aliphatic carbocycles. The Morgan fingerprint density at radius 1 is 1.45 bits per heavy atom. The highest BCUT2D eigenvalue weighted by Gasteiger charge is 2.12. The highest BCUT2D eigenvalue weighted by atomic mass is 79.9. The van der Waals surface area contributed by atoms with Gasteiger partial charge in [0, 0.05) is 16.5 Å². The van der Waals surface area contributed by atoms with E-state index in [1.54, 1.807) is 0 Å². The largest absolute Gasteiger partial charge is 0.394 e. The van der Waals surface area contributed by atoms with Crippen LogP contribution in [0.5, 0.6) is 0 Å². The summed E-state index contributed by atoms with van der Waals surface area (Å²) in [4.78, 5) is 12.9. The van der Waals surface area contributed by atoms with Crippen molar-refractivity contribution in [1.82, 2.24) is 5.32 Å². The van der Waals surface area contributed by atoms with Crippen LogP contribution in [0.1, 0.15) is 11.1 Å². The van der Waals surface area contributed by atoms with Crippen molar-refractivity contribution in [2.45, 2.75) is 24.8 Å². The van der Waals surface area contributed by atoms with E-state index in [2.05, 4.69) is 33.4 Å². The minimum Gasteiger partial charge on any atom is -0.394 e. The first-order chi connectivity index (χ1) is 9.47. The Labute approximate surface area is 132 Å². The van der Waals surface area contributed by atoms with E-state index < -0.39 is 0 Å². The molecule has 112 valence electrons. The molecule has 1 atom stereocenters. The fourth-order valence-electron chi connectivity index (χ4n) is 1.66. The number of carbonyl (C=O) groups excluding carboxylic acids is 1. The maximum absolute atomic E-state index is 11.8. The molecule has 2 N–H and O–H groups in total. The fraction of sp³-hybridized carbons (Fsp3) is 0.500. The highest BCUT2D eigenvalue weighted by molar-refractivity contribution is 9.10. The molecule has 0 aromatic heterocycles. The van der Waals surface area contributed by atoms with Crippen molar-refractivity contribution in [3.05, 3.63) is 27.7 Å². The molecule has 4 nitrogen and oxygen atoms in total. The van der Waals surface area contributed by atoms with Gasteiger partial charge in [0.05, 0.1) is 25.0 Å². The molecule has 1 rings (SSSR count). The second-order valence-electron chi connectivity index (χ2n) is 4.56. The Morgan fingerprint density at radius 2 is 2.15 bits per heavy atom. The van der Waals surface area contributed by atoms with Gasteiger partial charge in [-0.05, 0) is 37.1 Å². The molecule has 1 aromatic carbocycles. The third-order valence-electron chi connectivity index (χ3n) is 2.77. The molecule has 1 aromatic rings. The van der Waals surface area contributed by atoms with Gasteiger partial charge in [0.1, 0.15) is 0 Å². The van der Waals surface area contributed by atoms with Crippen LogP contribution in [0.2, 0.25) is 0 Å². The van der Waals surface area contributed by atoms with E-state index in [4.69, 9.17) is 9.84 Å². The monoisotopic (exact) mass is 361 g/mol. The average Bonchev–Trinajstić information content (AvgIpc) is 2.40. The third-order valence-corrected chi connectivity index (χ3v) is 4.78. The van der Waals surface area contributed by atoms with Crippen LogP contribution in [0.3, 0.4) is 0 Å². The molecule has 0 heterocycles. The Bertz CT molecular complexity index is 468. The van der Waals surface area contributed by atoms with Crippen molar-refractivity contribution in [3.8, 4) is 0 Å². The molecule has 0 saturated heterocycles. The second kappa shape index (κ2) is 8.67. The minimum absolute atomic E-state index is 0.105. The first kappa shape index (κ1) is 17.5. The maximum atomic E-state index is 11.8. The standard InChI is InChI=1S/C14H20BrNO3S/c1-9-5-13(10(2)4-12(9)15)20-8-14(18)16-11(6-17)7-19-3/h4-5,11,17H,6-8H2,1-3H3,(H,16,18). The van der Waals surface area contributed by atoms with Gasteiger partial charge in [0.25, 0.3) is 0 Å². The van der Waals surface area contributed by atoms with Crippen LogP contribution in [-0.2, 0) is 9.53 Å². The van der Waals surface area contributed by atoms with Crippen LogP contribution >= 0.6 is 27.7 Å². The van der Waals surface area contributed by atoms with Crippen molar-refractivity contribution < 1.29 is 14.6 Å². The summed E-state index contributed by atoms with van der Waals surface area (Å²) in [6.45, 7) is 4.23. The highest BCUT2D eigenvalue weighted by Crippen LogP contribution is 2.28. The van der Waals surface area contributed by atoms with Gasteiger partial charge >= 0.3 is 0 Å². The number of ether oxygens (including phenoxy) is 1. The number of halogens is 1. The molecule has 0 fully saturated rings. The number of carbonyl (C=O) groups is 1. The zero-order chi connectivity index (χ0) is 15.1. The van der Waals surface area contributed by atoms with Gasteiger partial charge in [-0.3, -0.25) is 4.79 Å². The van der Waals surface area contributed by atoms with Gasteiger partial charge in [-0.1, -0.05) is 15.9 Å². The number of thioether (sulfide) groups is 1. The zero-order valence-corrected chi connectivity index (χ0v) is 14.3. The van der Waals surface area contributed by atoms with Crippen LogP contribution in [0.4, 0.5) is 0 Å². The summed E-state index contributed by atoms with van der Waals surface area (Å²) >= 11 is 4.98. The number of hydrogen-bond acceptors (Lipinski definition) is 4. The molecule has 0 aliphatic heterocycles. The molecule has 0 bridgehead atoms. The van der Waals surface area contributed by atoms with E-state index in [0.29, 0.717) is 12.4 Å². The molecule has 0 aliphatic rings. The summed E-state index contributed by atoms with van der Waals surface area (Å²) in [6.07, 6.45) is 0. The summed E-state index contributed by atoms with van der Waals surface area (Å²) < 4.78 is 5.99. The van der Waals surface area contributed by atoms with Crippen molar-refractivity contribution >= 4 is 33.6 Å². The summed E-state index contributed by atoms with van der Waals surface area (Å²) in [7, 11) is 1.54. The summed E-state index contributed by atoms with van der Waals surface area (Å²) in [5.41, 5.74) is 2.28. The second-order valence-corrected chi connectivity index (χ2v) is 6.43.